The summed E-state index contributed by atoms with van der Waals surface area (Å²) >= 11 is 0. The molecule has 0 amide bonds. The van der Waals surface area contributed by atoms with Gasteiger partial charge in [0.1, 0.15) is 16.5 Å². The standard InChI is InChI=1S/C19H17N5O2S/c1-24(17-7-3-6-16-15(17)11-21-23-16)18-8-9-20-19(22-18)14-5-2-4-13(10-14)12-27(25)26/h2-11,27H,12H2,1H3,(H,21,23). The second kappa shape index (κ2) is 7.16. The molecule has 2 heterocycles. The molecule has 0 saturated carbocycles. The van der Waals surface area contributed by atoms with E-state index in [1.165, 1.54) is 0 Å². The van der Waals surface area contributed by atoms with E-state index in [0.717, 1.165) is 28.0 Å². The van der Waals surface area contributed by atoms with Gasteiger partial charge < -0.3 is 4.90 Å². The number of rotatable bonds is 5. The molecule has 2 aromatic carbocycles. The number of fused-ring (bicyclic) bond motifs is 1. The van der Waals surface area contributed by atoms with Crippen molar-refractivity contribution in [2.45, 2.75) is 5.75 Å². The van der Waals surface area contributed by atoms with Crippen molar-refractivity contribution in [1.82, 2.24) is 20.2 Å². The molecule has 0 unspecified atom stereocenters. The first-order valence-corrected chi connectivity index (χ1v) is 9.68. The van der Waals surface area contributed by atoms with E-state index in [0.29, 0.717) is 11.4 Å². The molecule has 1 N–H and O–H groups in total. The predicted molar refractivity (Wildman–Crippen MR) is 106 cm³/mol. The highest BCUT2D eigenvalue weighted by Crippen LogP contribution is 2.29. The number of benzene rings is 2. The molecule has 27 heavy (non-hydrogen) atoms. The molecule has 4 rings (SSSR count). The van der Waals surface area contributed by atoms with Gasteiger partial charge in [-0.15, -0.1) is 0 Å². The van der Waals surface area contributed by atoms with Crippen molar-refractivity contribution < 1.29 is 8.42 Å². The van der Waals surface area contributed by atoms with Crippen molar-refractivity contribution in [2.75, 3.05) is 11.9 Å². The van der Waals surface area contributed by atoms with E-state index in [4.69, 9.17) is 0 Å². The molecule has 0 aliphatic rings. The quantitative estimate of drug-likeness (QED) is 0.518. The van der Waals surface area contributed by atoms with Crippen LogP contribution in [-0.4, -0.2) is 35.6 Å². The van der Waals surface area contributed by atoms with Gasteiger partial charge in [0.15, 0.2) is 5.82 Å². The number of thiol groups is 1. The van der Waals surface area contributed by atoms with Gasteiger partial charge in [-0.25, -0.2) is 18.4 Å². The zero-order valence-electron chi connectivity index (χ0n) is 14.5. The fraction of sp³-hybridized carbons (Fsp3) is 0.105. The summed E-state index contributed by atoms with van der Waals surface area (Å²) in [6.45, 7) is 0. The van der Waals surface area contributed by atoms with Crippen LogP contribution >= 0.6 is 0 Å². The third kappa shape index (κ3) is 3.52. The lowest BCUT2D eigenvalue weighted by molar-refractivity contribution is 0.614. The molecule has 4 aromatic rings. The summed E-state index contributed by atoms with van der Waals surface area (Å²) in [6.07, 6.45) is 3.49. The molecule has 0 fully saturated rings. The smallest absolute Gasteiger partial charge is 0.161 e. The lowest BCUT2D eigenvalue weighted by atomic mass is 10.1. The van der Waals surface area contributed by atoms with Gasteiger partial charge in [-0.1, -0.05) is 24.3 Å². The maximum absolute atomic E-state index is 11.0. The molecule has 8 heteroatoms. The number of hydrogen-bond donors (Lipinski definition) is 2. The molecule has 7 nitrogen and oxygen atoms in total. The van der Waals surface area contributed by atoms with Crippen molar-refractivity contribution in [3.63, 3.8) is 0 Å². The fourth-order valence-electron chi connectivity index (χ4n) is 3.00. The van der Waals surface area contributed by atoms with E-state index in [1.54, 1.807) is 24.5 Å². The van der Waals surface area contributed by atoms with Crippen LogP contribution in [-0.2, 0) is 16.5 Å². The van der Waals surface area contributed by atoms with Gasteiger partial charge in [-0.2, -0.15) is 5.10 Å². The molecule has 2 aromatic heterocycles. The van der Waals surface area contributed by atoms with Crippen molar-refractivity contribution >= 4 is 33.1 Å². The van der Waals surface area contributed by atoms with Gasteiger partial charge in [0.25, 0.3) is 0 Å². The van der Waals surface area contributed by atoms with Gasteiger partial charge in [-0.05, 0) is 29.8 Å². The number of hydrogen-bond acceptors (Lipinski definition) is 6. The monoisotopic (exact) mass is 379 g/mol. The lowest BCUT2D eigenvalue weighted by Crippen LogP contribution is -2.12. The summed E-state index contributed by atoms with van der Waals surface area (Å²) in [7, 11) is -0.538. The van der Waals surface area contributed by atoms with E-state index in [9.17, 15) is 8.42 Å². The number of nitrogens with one attached hydrogen (secondary N) is 1. The lowest BCUT2D eigenvalue weighted by Gasteiger charge is -2.19. The van der Waals surface area contributed by atoms with Gasteiger partial charge >= 0.3 is 0 Å². The Hall–Kier alpha value is -3.26. The minimum absolute atomic E-state index is 0.00521. The second-order valence-corrected chi connectivity index (χ2v) is 7.08. The number of nitrogens with zero attached hydrogens (tertiary/aromatic N) is 4. The molecular formula is C19H17N5O2S. The minimum Gasteiger partial charge on any atom is -0.329 e. The fourth-order valence-corrected chi connectivity index (χ4v) is 3.50. The molecule has 0 radical (unpaired) electrons. The van der Waals surface area contributed by atoms with Crippen molar-refractivity contribution in [1.29, 1.82) is 0 Å². The Balaban J connectivity index is 1.71. The molecule has 0 bridgehead atoms. The first-order chi connectivity index (χ1) is 13.1. The number of anilines is 2. The summed E-state index contributed by atoms with van der Waals surface area (Å²) in [4.78, 5) is 11.0. The van der Waals surface area contributed by atoms with Crippen LogP contribution in [0.25, 0.3) is 22.3 Å². The van der Waals surface area contributed by atoms with E-state index in [1.807, 2.05) is 48.3 Å². The summed E-state index contributed by atoms with van der Waals surface area (Å²) in [5.74, 6) is 1.28. The van der Waals surface area contributed by atoms with Crippen molar-refractivity contribution in [2.24, 2.45) is 0 Å². The minimum atomic E-state index is -2.48. The summed E-state index contributed by atoms with van der Waals surface area (Å²) in [6, 6.07) is 15.0. The highest BCUT2D eigenvalue weighted by Gasteiger charge is 2.12. The maximum Gasteiger partial charge on any atom is 0.161 e. The normalized spacial score (nSPS) is 11.2. The Morgan fingerprint density at radius 1 is 1.11 bits per heavy atom. The van der Waals surface area contributed by atoms with Crippen LogP contribution in [0.4, 0.5) is 11.5 Å². The maximum atomic E-state index is 11.0. The highest BCUT2D eigenvalue weighted by atomic mass is 32.2. The Bertz CT molecular complexity index is 1180. The predicted octanol–water partition coefficient (Wildman–Crippen LogP) is 2.90. The number of aromatic nitrogens is 4. The number of aromatic amines is 1. The van der Waals surface area contributed by atoms with Gasteiger partial charge in [-0.3, -0.25) is 5.10 Å². The van der Waals surface area contributed by atoms with Crippen molar-refractivity contribution in [3.05, 3.63) is 66.5 Å². The number of H-pyrrole nitrogens is 1. The third-order valence-electron chi connectivity index (χ3n) is 4.30. The van der Waals surface area contributed by atoms with Crippen LogP contribution < -0.4 is 4.90 Å². The van der Waals surface area contributed by atoms with Crippen LogP contribution in [0.3, 0.4) is 0 Å². The van der Waals surface area contributed by atoms with E-state index < -0.39 is 10.7 Å². The molecule has 0 aliphatic heterocycles. The van der Waals surface area contributed by atoms with Gasteiger partial charge in [0, 0.05) is 24.2 Å². The van der Waals surface area contributed by atoms with Crippen LogP contribution in [0, 0.1) is 0 Å². The second-order valence-electron chi connectivity index (χ2n) is 6.10. The summed E-state index contributed by atoms with van der Waals surface area (Å²) in [5.41, 5.74) is 3.42. The van der Waals surface area contributed by atoms with E-state index >= 15 is 0 Å². The first kappa shape index (κ1) is 17.2. The van der Waals surface area contributed by atoms with Crippen LogP contribution in [0.5, 0.6) is 0 Å². The van der Waals surface area contributed by atoms with Crippen molar-refractivity contribution in [3.8, 4) is 11.4 Å². The SMILES string of the molecule is CN(c1ccnc(-c2cccc(C[SH](=O)=O)c2)n1)c1cccc2[nH]ncc12. The zero-order valence-corrected chi connectivity index (χ0v) is 15.4. The summed E-state index contributed by atoms with van der Waals surface area (Å²) < 4.78 is 22.0. The van der Waals surface area contributed by atoms with Crippen LogP contribution in [0.15, 0.2) is 60.9 Å². The largest absolute Gasteiger partial charge is 0.329 e. The Labute approximate surface area is 157 Å². The average molecular weight is 379 g/mol. The average Bonchev–Trinajstić information content (AvgIpc) is 3.16. The molecule has 136 valence electrons. The van der Waals surface area contributed by atoms with Crippen LogP contribution in [0.2, 0.25) is 0 Å². The Kier molecular flexibility index (Phi) is 4.55. The molecule has 0 aliphatic carbocycles. The first-order valence-electron chi connectivity index (χ1n) is 8.32. The summed E-state index contributed by atoms with van der Waals surface area (Å²) in [5, 5.41) is 8.07. The zero-order chi connectivity index (χ0) is 18.8. The molecule has 0 saturated heterocycles. The van der Waals surface area contributed by atoms with Gasteiger partial charge in [0.05, 0.1) is 23.2 Å². The van der Waals surface area contributed by atoms with Gasteiger partial charge in [0.2, 0.25) is 0 Å². The molecule has 0 atom stereocenters. The molecular weight excluding hydrogens is 362 g/mol. The van der Waals surface area contributed by atoms with E-state index in [-0.39, 0.29) is 5.75 Å². The topological polar surface area (TPSA) is 91.8 Å². The van der Waals surface area contributed by atoms with E-state index in [2.05, 4.69) is 20.2 Å². The molecule has 0 spiro atoms. The Morgan fingerprint density at radius 2 is 1.96 bits per heavy atom. The third-order valence-corrected chi connectivity index (χ3v) is 4.93. The van der Waals surface area contributed by atoms with Crippen LogP contribution in [0.1, 0.15) is 5.56 Å². The highest BCUT2D eigenvalue weighted by molar-refractivity contribution is 7.71. The Morgan fingerprint density at radius 3 is 2.81 bits per heavy atom.